The van der Waals surface area contributed by atoms with Crippen LogP contribution in [0.5, 0.6) is 0 Å². The van der Waals surface area contributed by atoms with Crippen LogP contribution >= 0.6 is 11.6 Å². The van der Waals surface area contributed by atoms with E-state index in [0.717, 1.165) is 25.2 Å². The fourth-order valence-corrected chi connectivity index (χ4v) is 5.09. The van der Waals surface area contributed by atoms with E-state index in [-0.39, 0.29) is 12.1 Å². The minimum Gasteiger partial charge on any atom is -0.444 e. The van der Waals surface area contributed by atoms with E-state index in [0.29, 0.717) is 23.5 Å². The maximum atomic E-state index is 12.4. The molecule has 1 atom stereocenters. The molecule has 27 heavy (non-hydrogen) atoms. The molecule has 1 saturated carbocycles. The molecule has 0 radical (unpaired) electrons. The SMILES string of the molecule is CC(C)(C)OC(=O)N1CCC[C@@H](Nc2nnc(Cl)c3c2C2CCC3CC2)C1. The van der Waals surface area contributed by atoms with Crippen LogP contribution in [0.2, 0.25) is 5.15 Å². The molecule has 2 heterocycles. The number of anilines is 1. The molecular formula is C20H29ClN4O2. The third-order valence-electron chi connectivity index (χ3n) is 5.96. The highest BCUT2D eigenvalue weighted by Gasteiger charge is 2.38. The molecule has 4 aliphatic rings. The summed E-state index contributed by atoms with van der Waals surface area (Å²) < 4.78 is 5.54. The average Bonchev–Trinajstić information content (AvgIpc) is 2.63. The first kappa shape index (κ1) is 18.8. The summed E-state index contributed by atoms with van der Waals surface area (Å²) in [5.41, 5.74) is 2.03. The van der Waals surface area contributed by atoms with Crippen molar-refractivity contribution in [3.8, 4) is 0 Å². The zero-order valence-electron chi connectivity index (χ0n) is 16.4. The van der Waals surface area contributed by atoms with Crippen LogP contribution in [0.4, 0.5) is 10.6 Å². The van der Waals surface area contributed by atoms with E-state index in [1.807, 2.05) is 20.8 Å². The molecule has 3 aliphatic carbocycles. The number of ether oxygens (including phenoxy) is 1. The number of carbonyl (C=O) groups is 1. The third-order valence-corrected chi connectivity index (χ3v) is 6.24. The molecule has 1 amide bonds. The van der Waals surface area contributed by atoms with Gasteiger partial charge in [-0.2, -0.15) is 0 Å². The molecule has 1 N–H and O–H groups in total. The maximum absolute atomic E-state index is 12.4. The Hall–Kier alpha value is -1.56. The fourth-order valence-electron chi connectivity index (χ4n) is 4.80. The van der Waals surface area contributed by atoms with Gasteiger partial charge in [0.05, 0.1) is 0 Å². The molecule has 1 aromatic heterocycles. The number of hydrogen-bond acceptors (Lipinski definition) is 5. The smallest absolute Gasteiger partial charge is 0.410 e. The largest absolute Gasteiger partial charge is 0.444 e. The number of piperidine rings is 1. The van der Waals surface area contributed by atoms with Gasteiger partial charge >= 0.3 is 6.09 Å². The molecule has 7 heteroatoms. The molecule has 0 aromatic carbocycles. The number of aromatic nitrogens is 2. The number of nitrogens with one attached hydrogen (secondary N) is 1. The Balaban J connectivity index is 1.50. The van der Waals surface area contributed by atoms with Crippen LogP contribution in [0.3, 0.4) is 0 Å². The lowest BCUT2D eigenvalue weighted by molar-refractivity contribution is 0.0206. The van der Waals surface area contributed by atoms with Crippen LogP contribution in [0.1, 0.15) is 82.3 Å². The lowest BCUT2D eigenvalue weighted by Crippen LogP contribution is -2.47. The van der Waals surface area contributed by atoms with Crippen LogP contribution in [-0.2, 0) is 4.74 Å². The number of hydrogen-bond donors (Lipinski definition) is 1. The van der Waals surface area contributed by atoms with Crippen molar-refractivity contribution in [3.05, 3.63) is 16.3 Å². The Morgan fingerprint density at radius 2 is 1.78 bits per heavy atom. The van der Waals surface area contributed by atoms with Gasteiger partial charge in [-0.25, -0.2) is 4.79 Å². The summed E-state index contributed by atoms with van der Waals surface area (Å²) in [7, 11) is 0. The molecule has 0 unspecified atom stereocenters. The zero-order chi connectivity index (χ0) is 19.2. The highest BCUT2D eigenvalue weighted by molar-refractivity contribution is 6.30. The van der Waals surface area contributed by atoms with E-state index in [9.17, 15) is 4.79 Å². The van der Waals surface area contributed by atoms with E-state index in [4.69, 9.17) is 16.3 Å². The van der Waals surface area contributed by atoms with Crippen molar-refractivity contribution in [2.75, 3.05) is 18.4 Å². The Bertz CT molecular complexity index is 725. The van der Waals surface area contributed by atoms with E-state index in [1.165, 1.54) is 36.8 Å². The van der Waals surface area contributed by atoms with Gasteiger partial charge in [0.15, 0.2) is 11.0 Å². The van der Waals surface area contributed by atoms with Crippen molar-refractivity contribution in [1.29, 1.82) is 0 Å². The van der Waals surface area contributed by atoms with Gasteiger partial charge in [-0.1, -0.05) is 11.6 Å². The van der Waals surface area contributed by atoms with Crippen molar-refractivity contribution in [3.63, 3.8) is 0 Å². The van der Waals surface area contributed by atoms with Gasteiger partial charge in [0.2, 0.25) is 0 Å². The van der Waals surface area contributed by atoms with Gasteiger partial charge in [0.1, 0.15) is 5.60 Å². The summed E-state index contributed by atoms with van der Waals surface area (Å²) in [6, 6.07) is 0.159. The van der Waals surface area contributed by atoms with Crippen LogP contribution in [0.25, 0.3) is 0 Å². The third kappa shape index (κ3) is 3.86. The molecule has 6 nitrogen and oxygen atoms in total. The predicted molar refractivity (Wildman–Crippen MR) is 105 cm³/mol. The minimum atomic E-state index is -0.475. The summed E-state index contributed by atoms with van der Waals surface area (Å²) in [6.07, 6.45) is 6.55. The fraction of sp³-hybridized carbons (Fsp3) is 0.750. The summed E-state index contributed by atoms with van der Waals surface area (Å²) >= 11 is 6.41. The number of likely N-dealkylation sites (tertiary alicyclic amines) is 1. The lowest BCUT2D eigenvalue weighted by atomic mass is 9.67. The molecule has 148 valence electrons. The second-order valence-corrected chi connectivity index (χ2v) is 9.48. The number of amides is 1. The van der Waals surface area contributed by atoms with Crippen LogP contribution < -0.4 is 5.32 Å². The maximum Gasteiger partial charge on any atom is 0.410 e. The molecule has 0 spiro atoms. The zero-order valence-corrected chi connectivity index (χ0v) is 17.2. The Labute approximate surface area is 166 Å². The number of halogens is 1. The molecule has 2 bridgehead atoms. The summed E-state index contributed by atoms with van der Waals surface area (Å²) in [6.45, 7) is 7.06. The van der Waals surface area contributed by atoms with Gasteiger partial charge in [-0.15, -0.1) is 10.2 Å². The summed E-state index contributed by atoms with van der Waals surface area (Å²) in [5.74, 6) is 1.93. The van der Waals surface area contributed by atoms with Crippen molar-refractivity contribution >= 4 is 23.5 Å². The second-order valence-electron chi connectivity index (χ2n) is 9.13. The van der Waals surface area contributed by atoms with E-state index in [1.54, 1.807) is 4.90 Å². The topological polar surface area (TPSA) is 67.3 Å². The first-order chi connectivity index (χ1) is 12.8. The molecule has 1 aliphatic heterocycles. The second kappa shape index (κ2) is 7.12. The quantitative estimate of drug-likeness (QED) is 0.790. The van der Waals surface area contributed by atoms with Crippen molar-refractivity contribution in [2.24, 2.45) is 0 Å². The van der Waals surface area contributed by atoms with Gasteiger partial charge in [-0.05, 0) is 71.1 Å². The van der Waals surface area contributed by atoms with Crippen molar-refractivity contribution in [2.45, 2.75) is 82.8 Å². The van der Waals surface area contributed by atoms with Gasteiger partial charge < -0.3 is 15.0 Å². The first-order valence-electron chi connectivity index (χ1n) is 10.1. The van der Waals surface area contributed by atoms with Crippen LogP contribution in [-0.4, -0.2) is 45.9 Å². The number of nitrogens with zero attached hydrogens (tertiary/aromatic N) is 3. The average molecular weight is 393 g/mol. The molecule has 1 aromatic rings. The monoisotopic (exact) mass is 392 g/mol. The normalized spacial score (nSPS) is 27.3. The standard InChI is InChI=1S/C20H29ClN4O2/c1-20(2,3)27-19(26)25-10-4-5-14(11-25)22-18-16-13-8-6-12(7-9-13)15(16)17(21)23-24-18/h12-14H,4-11H2,1-3H3,(H,22,24)/t12?,13?,14-/m1/s1. The van der Waals surface area contributed by atoms with Gasteiger partial charge in [-0.3, -0.25) is 0 Å². The predicted octanol–water partition coefficient (Wildman–Crippen LogP) is 4.70. The first-order valence-corrected chi connectivity index (χ1v) is 10.5. The molecule has 1 saturated heterocycles. The van der Waals surface area contributed by atoms with Crippen LogP contribution in [0, 0.1) is 0 Å². The molecular weight excluding hydrogens is 364 g/mol. The van der Waals surface area contributed by atoms with Gasteiger partial charge in [0.25, 0.3) is 0 Å². The number of rotatable bonds is 2. The Morgan fingerprint density at radius 3 is 2.44 bits per heavy atom. The molecule has 5 rings (SSSR count). The summed E-state index contributed by atoms with van der Waals surface area (Å²) in [5, 5.41) is 12.8. The molecule has 2 fully saturated rings. The highest BCUT2D eigenvalue weighted by atomic mass is 35.5. The van der Waals surface area contributed by atoms with E-state index < -0.39 is 5.60 Å². The lowest BCUT2D eigenvalue weighted by Gasteiger charge is -2.40. The van der Waals surface area contributed by atoms with Gasteiger partial charge in [0, 0.05) is 30.3 Å². The van der Waals surface area contributed by atoms with Crippen molar-refractivity contribution < 1.29 is 9.53 Å². The van der Waals surface area contributed by atoms with E-state index in [2.05, 4.69) is 15.5 Å². The van der Waals surface area contributed by atoms with Crippen molar-refractivity contribution in [1.82, 2.24) is 15.1 Å². The highest BCUT2D eigenvalue weighted by Crippen LogP contribution is 2.52. The Kier molecular flexibility index (Phi) is 4.95. The minimum absolute atomic E-state index is 0.159. The van der Waals surface area contributed by atoms with E-state index >= 15 is 0 Å². The van der Waals surface area contributed by atoms with Crippen LogP contribution in [0.15, 0.2) is 0 Å². The number of fused-ring (bicyclic) bond motifs is 2. The summed E-state index contributed by atoms with van der Waals surface area (Å²) in [4.78, 5) is 14.2. The Morgan fingerprint density at radius 1 is 1.11 bits per heavy atom. The number of carbonyl (C=O) groups excluding carboxylic acids is 1.